The lowest BCUT2D eigenvalue weighted by atomic mass is 9.98. The highest BCUT2D eigenvalue weighted by atomic mass is 16.2. The van der Waals surface area contributed by atoms with Crippen LogP contribution in [-0.2, 0) is 0 Å². The summed E-state index contributed by atoms with van der Waals surface area (Å²) in [6, 6.07) is 10.2. The van der Waals surface area contributed by atoms with Crippen molar-refractivity contribution >= 4 is 5.91 Å². The molecule has 2 aliphatic heterocycles. The molecule has 3 nitrogen and oxygen atoms in total. The molecule has 0 saturated carbocycles. The van der Waals surface area contributed by atoms with E-state index >= 15 is 0 Å². The molecule has 2 fully saturated rings. The molecule has 23 heavy (non-hydrogen) atoms. The van der Waals surface area contributed by atoms with E-state index in [1.165, 1.54) is 51.6 Å². The number of rotatable bonds is 4. The summed E-state index contributed by atoms with van der Waals surface area (Å²) in [5.41, 5.74) is 0.842. The summed E-state index contributed by atoms with van der Waals surface area (Å²) in [4.78, 5) is 17.6. The molecule has 0 N–H and O–H groups in total. The summed E-state index contributed by atoms with van der Waals surface area (Å²) in [5, 5.41) is 0. The summed E-state index contributed by atoms with van der Waals surface area (Å²) >= 11 is 0. The Morgan fingerprint density at radius 3 is 2.35 bits per heavy atom. The van der Waals surface area contributed by atoms with Gasteiger partial charge < -0.3 is 9.80 Å². The molecule has 0 bridgehead atoms. The number of benzene rings is 1. The lowest BCUT2D eigenvalue weighted by Crippen LogP contribution is -2.45. The Labute approximate surface area is 140 Å². The van der Waals surface area contributed by atoms with Gasteiger partial charge in [0, 0.05) is 24.7 Å². The second-order valence-corrected chi connectivity index (χ2v) is 7.06. The predicted molar refractivity (Wildman–Crippen MR) is 94.6 cm³/mol. The highest BCUT2D eigenvalue weighted by Crippen LogP contribution is 2.23. The summed E-state index contributed by atoms with van der Waals surface area (Å²) in [7, 11) is 0. The average Bonchev–Trinajstić information content (AvgIpc) is 2.89. The van der Waals surface area contributed by atoms with Crippen molar-refractivity contribution < 1.29 is 4.79 Å². The molecular weight excluding hydrogens is 284 g/mol. The van der Waals surface area contributed by atoms with Crippen LogP contribution in [0.3, 0.4) is 0 Å². The van der Waals surface area contributed by atoms with Gasteiger partial charge >= 0.3 is 0 Å². The van der Waals surface area contributed by atoms with Crippen LogP contribution >= 0.6 is 0 Å². The molecule has 2 heterocycles. The van der Waals surface area contributed by atoms with Gasteiger partial charge in [0.25, 0.3) is 5.91 Å². The van der Waals surface area contributed by atoms with Crippen molar-refractivity contribution in [3.63, 3.8) is 0 Å². The predicted octanol–water partition coefficient (Wildman–Crippen LogP) is 3.95. The van der Waals surface area contributed by atoms with E-state index in [2.05, 4.69) is 9.80 Å². The standard InChI is InChI=1S/C20H30N2O/c23-20(18-10-4-3-5-11-18)22-16-9-6-12-19(22)13-17-21-14-7-1-2-8-15-21/h3-5,10-11,19H,1-2,6-9,12-17H2/t19-/m0/s1. The van der Waals surface area contributed by atoms with Gasteiger partial charge in [0.2, 0.25) is 0 Å². The normalized spacial score (nSPS) is 23.5. The monoisotopic (exact) mass is 314 g/mol. The maximum absolute atomic E-state index is 12.8. The minimum absolute atomic E-state index is 0.228. The molecule has 126 valence electrons. The first-order chi connectivity index (χ1) is 11.3. The number of carbonyl (C=O) groups excluding carboxylic acids is 1. The third kappa shape index (κ3) is 4.57. The molecule has 3 rings (SSSR count). The van der Waals surface area contributed by atoms with Crippen LogP contribution in [-0.4, -0.2) is 47.9 Å². The fraction of sp³-hybridized carbons (Fsp3) is 0.650. The van der Waals surface area contributed by atoms with E-state index in [0.29, 0.717) is 6.04 Å². The van der Waals surface area contributed by atoms with Crippen LogP contribution in [0, 0.1) is 0 Å². The molecule has 0 radical (unpaired) electrons. The van der Waals surface area contributed by atoms with Crippen LogP contribution in [0.1, 0.15) is 61.7 Å². The Morgan fingerprint density at radius 1 is 0.913 bits per heavy atom. The van der Waals surface area contributed by atoms with E-state index in [1.807, 2.05) is 30.3 Å². The van der Waals surface area contributed by atoms with Crippen molar-refractivity contribution in [3.05, 3.63) is 35.9 Å². The third-order valence-electron chi connectivity index (χ3n) is 5.39. The summed E-state index contributed by atoms with van der Waals surface area (Å²) in [5.74, 6) is 0.228. The Balaban J connectivity index is 1.58. The molecule has 2 aliphatic rings. The van der Waals surface area contributed by atoms with E-state index in [9.17, 15) is 4.79 Å². The van der Waals surface area contributed by atoms with Gasteiger partial charge in [-0.15, -0.1) is 0 Å². The quantitative estimate of drug-likeness (QED) is 0.840. The molecule has 1 aromatic carbocycles. The van der Waals surface area contributed by atoms with Gasteiger partial charge in [0.1, 0.15) is 0 Å². The Kier molecular flexibility index (Phi) is 6.09. The van der Waals surface area contributed by atoms with Crippen molar-refractivity contribution in [3.8, 4) is 0 Å². The van der Waals surface area contributed by atoms with Crippen molar-refractivity contribution in [2.24, 2.45) is 0 Å². The summed E-state index contributed by atoms with van der Waals surface area (Å²) in [6.07, 6.45) is 10.2. The number of likely N-dealkylation sites (tertiary alicyclic amines) is 2. The van der Waals surface area contributed by atoms with Crippen LogP contribution < -0.4 is 0 Å². The van der Waals surface area contributed by atoms with E-state index in [1.54, 1.807) is 0 Å². The van der Waals surface area contributed by atoms with Crippen LogP contribution in [0.25, 0.3) is 0 Å². The first-order valence-electron chi connectivity index (χ1n) is 9.43. The second kappa shape index (κ2) is 8.49. The highest BCUT2D eigenvalue weighted by Gasteiger charge is 2.27. The van der Waals surface area contributed by atoms with E-state index in [-0.39, 0.29) is 5.91 Å². The number of hydrogen-bond acceptors (Lipinski definition) is 2. The zero-order chi connectivity index (χ0) is 15.9. The Bertz CT molecular complexity index is 480. The molecule has 2 saturated heterocycles. The van der Waals surface area contributed by atoms with Gasteiger partial charge in [-0.1, -0.05) is 31.0 Å². The van der Waals surface area contributed by atoms with Crippen LogP contribution in [0.4, 0.5) is 0 Å². The molecule has 1 atom stereocenters. The first kappa shape index (κ1) is 16.5. The molecule has 1 aromatic rings. The SMILES string of the molecule is O=C(c1ccccc1)N1CCCC[C@H]1CCN1CCCCCC1. The largest absolute Gasteiger partial charge is 0.336 e. The van der Waals surface area contributed by atoms with Crippen LogP contribution in [0.15, 0.2) is 30.3 Å². The second-order valence-electron chi connectivity index (χ2n) is 7.06. The van der Waals surface area contributed by atoms with Crippen molar-refractivity contribution in [1.82, 2.24) is 9.80 Å². The van der Waals surface area contributed by atoms with Gasteiger partial charge in [-0.05, 0) is 63.7 Å². The molecule has 0 unspecified atom stereocenters. The van der Waals surface area contributed by atoms with E-state index in [0.717, 1.165) is 31.5 Å². The topological polar surface area (TPSA) is 23.6 Å². The minimum atomic E-state index is 0.228. The van der Waals surface area contributed by atoms with Crippen molar-refractivity contribution in [2.45, 2.75) is 57.4 Å². The van der Waals surface area contributed by atoms with E-state index < -0.39 is 0 Å². The summed E-state index contributed by atoms with van der Waals surface area (Å²) < 4.78 is 0. The number of hydrogen-bond donors (Lipinski definition) is 0. The number of carbonyl (C=O) groups is 1. The fourth-order valence-electron chi connectivity index (χ4n) is 4.01. The molecule has 0 aromatic heterocycles. The van der Waals surface area contributed by atoms with Gasteiger partial charge in [-0.2, -0.15) is 0 Å². The smallest absolute Gasteiger partial charge is 0.254 e. The van der Waals surface area contributed by atoms with E-state index in [4.69, 9.17) is 0 Å². The Morgan fingerprint density at radius 2 is 1.61 bits per heavy atom. The third-order valence-corrected chi connectivity index (χ3v) is 5.39. The maximum Gasteiger partial charge on any atom is 0.254 e. The zero-order valence-electron chi connectivity index (χ0n) is 14.3. The molecule has 0 aliphatic carbocycles. The average molecular weight is 314 g/mol. The molecule has 3 heteroatoms. The maximum atomic E-state index is 12.8. The van der Waals surface area contributed by atoms with Crippen molar-refractivity contribution in [2.75, 3.05) is 26.2 Å². The number of amides is 1. The van der Waals surface area contributed by atoms with Gasteiger partial charge in [0.15, 0.2) is 0 Å². The van der Waals surface area contributed by atoms with Crippen molar-refractivity contribution in [1.29, 1.82) is 0 Å². The number of piperidine rings is 1. The Hall–Kier alpha value is -1.35. The first-order valence-corrected chi connectivity index (χ1v) is 9.43. The van der Waals surface area contributed by atoms with Gasteiger partial charge in [0.05, 0.1) is 0 Å². The molecule has 1 amide bonds. The number of nitrogens with zero attached hydrogens (tertiary/aromatic N) is 2. The van der Waals surface area contributed by atoms with Crippen LogP contribution in [0.5, 0.6) is 0 Å². The lowest BCUT2D eigenvalue weighted by molar-refractivity contribution is 0.0584. The molecular formula is C20H30N2O. The van der Waals surface area contributed by atoms with Gasteiger partial charge in [-0.25, -0.2) is 0 Å². The molecule has 0 spiro atoms. The minimum Gasteiger partial charge on any atom is -0.336 e. The fourth-order valence-corrected chi connectivity index (χ4v) is 4.01. The zero-order valence-corrected chi connectivity index (χ0v) is 14.3. The lowest BCUT2D eigenvalue weighted by Gasteiger charge is -2.37. The van der Waals surface area contributed by atoms with Crippen LogP contribution in [0.2, 0.25) is 0 Å². The summed E-state index contributed by atoms with van der Waals surface area (Å²) in [6.45, 7) is 4.58. The highest BCUT2D eigenvalue weighted by molar-refractivity contribution is 5.94. The van der Waals surface area contributed by atoms with Gasteiger partial charge in [-0.3, -0.25) is 4.79 Å².